The molecule has 0 spiro atoms. The zero-order chi connectivity index (χ0) is 18.0. The Kier molecular flexibility index (Phi) is 4.67. The Hall–Kier alpha value is -2.92. The van der Waals surface area contributed by atoms with Gasteiger partial charge in [-0.2, -0.15) is 0 Å². The molecule has 0 bridgehead atoms. The molecule has 2 N–H and O–H groups in total. The Bertz CT molecular complexity index is 921. The van der Waals surface area contributed by atoms with Gasteiger partial charge in [0.25, 0.3) is 5.91 Å². The first-order valence-electron chi connectivity index (χ1n) is 7.61. The number of nitrogens with zero attached hydrogens (tertiary/aromatic N) is 1. The van der Waals surface area contributed by atoms with Crippen molar-refractivity contribution >= 4 is 23.2 Å². The zero-order valence-corrected chi connectivity index (χ0v) is 14.5. The average Bonchev–Trinajstić information content (AvgIpc) is 3.11. The van der Waals surface area contributed by atoms with Crippen molar-refractivity contribution in [1.82, 2.24) is 4.57 Å². The highest BCUT2D eigenvalue weighted by Crippen LogP contribution is 2.31. The fraction of sp³-hybridized carbons (Fsp3) is 0.105. The fourth-order valence-electron chi connectivity index (χ4n) is 2.52. The third-order valence-electron chi connectivity index (χ3n) is 3.80. The van der Waals surface area contributed by atoms with Crippen molar-refractivity contribution < 1.29 is 14.6 Å². The molecule has 0 radical (unpaired) electrons. The minimum atomic E-state index is -0.419. The van der Waals surface area contributed by atoms with E-state index < -0.39 is 5.91 Å². The first-order valence-corrected chi connectivity index (χ1v) is 7.99. The maximum absolute atomic E-state index is 12.6. The van der Waals surface area contributed by atoms with Crippen molar-refractivity contribution in [2.24, 2.45) is 0 Å². The zero-order valence-electron chi connectivity index (χ0n) is 13.8. The van der Waals surface area contributed by atoms with E-state index in [9.17, 15) is 9.90 Å². The van der Waals surface area contributed by atoms with Crippen LogP contribution in [-0.4, -0.2) is 22.7 Å². The molecule has 0 atom stereocenters. The standard InChI is InChI=1S/C19H17ClN2O3/c1-12-5-6-15(17(23)9-12)21-19(24)13-10-14(20)16(11-18(13)25-2)22-7-3-4-8-22/h3-11,23H,1-2H3,(H,21,24). The normalized spacial score (nSPS) is 10.5. The first-order chi connectivity index (χ1) is 12.0. The number of anilines is 1. The van der Waals surface area contributed by atoms with Crippen LogP contribution in [0, 0.1) is 6.92 Å². The third-order valence-corrected chi connectivity index (χ3v) is 4.10. The number of ether oxygens (including phenoxy) is 1. The number of aromatic hydroxyl groups is 1. The predicted octanol–water partition coefficient (Wildman–Crippen LogP) is 4.41. The minimum Gasteiger partial charge on any atom is -0.506 e. The van der Waals surface area contributed by atoms with Crippen molar-refractivity contribution in [3.63, 3.8) is 0 Å². The van der Waals surface area contributed by atoms with E-state index in [1.165, 1.54) is 7.11 Å². The lowest BCUT2D eigenvalue weighted by Gasteiger charge is -2.14. The Balaban J connectivity index is 1.96. The number of phenols is 1. The molecule has 128 valence electrons. The summed E-state index contributed by atoms with van der Waals surface area (Å²) in [5, 5.41) is 13.0. The van der Waals surface area contributed by atoms with E-state index in [0.717, 1.165) is 5.56 Å². The molecule has 0 aliphatic rings. The van der Waals surface area contributed by atoms with Gasteiger partial charge in [0.2, 0.25) is 0 Å². The van der Waals surface area contributed by atoms with E-state index in [-0.39, 0.29) is 11.3 Å². The molecule has 0 aliphatic carbocycles. The Morgan fingerprint density at radius 1 is 1.20 bits per heavy atom. The molecule has 0 saturated heterocycles. The molecule has 1 heterocycles. The summed E-state index contributed by atoms with van der Waals surface area (Å²) in [5.41, 5.74) is 2.21. The van der Waals surface area contributed by atoms with Gasteiger partial charge in [0.15, 0.2) is 0 Å². The van der Waals surface area contributed by atoms with Crippen LogP contribution in [0.2, 0.25) is 5.02 Å². The summed E-state index contributed by atoms with van der Waals surface area (Å²) in [6.45, 7) is 1.86. The Morgan fingerprint density at radius 2 is 1.92 bits per heavy atom. The molecule has 3 rings (SSSR count). The van der Waals surface area contributed by atoms with E-state index in [4.69, 9.17) is 16.3 Å². The van der Waals surface area contributed by atoms with Crippen molar-refractivity contribution in [1.29, 1.82) is 0 Å². The highest BCUT2D eigenvalue weighted by molar-refractivity contribution is 6.33. The largest absolute Gasteiger partial charge is 0.506 e. The number of methoxy groups -OCH3 is 1. The molecule has 6 heteroatoms. The SMILES string of the molecule is COc1cc(-n2cccc2)c(Cl)cc1C(=O)Nc1ccc(C)cc1O. The molecule has 1 amide bonds. The van der Waals surface area contributed by atoms with Gasteiger partial charge in [-0.25, -0.2) is 0 Å². The molecule has 0 aliphatic heterocycles. The van der Waals surface area contributed by atoms with Crippen molar-refractivity contribution in [2.75, 3.05) is 12.4 Å². The highest BCUT2D eigenvalue weighted by atomic mass is 35.5. The minimum absolute atomic E-state index is 0.00220. The number of benzene rings is 2. The number of rotatable bonds is 4. The third kappa shape index (κ3) is 3.46. The molecule has 1 aromatic heterocycles. The number of hydrogen-bond donors (Lipinski definition) is 2. The molecule has 3 aromatic rings. The lowest BCUT2D eigenvalue weighted by atomic mass is 10.1. The van der Waals surface area contributed by atoms with Crippen LogP contribution in [0.3, 0.4) is 0 Å². The van der Waals surface area contributed by atoms with Gasteiger partial charge in [0.1, 0.15) is 11.5 Å². The average molecular weight is 357 g/mol. The number of nitrogens with one attached hydrogen (secondary N) is 1. The number of aromatic nitrogens is 1. The van der Waals surface area contributed by atoms with E-state index in [1.807, 2.05) is 36.0 Å². The molecule has 5 nitrogen and oxygen atoms in total. The van der Waals surface area contributed by atoms with Crippen LogP contribution in [0.4, 0.5) is 5.69 Å². The van der Waals surface area contributed by atoms with E-state index in [2.05, 4.69) is 5.32 Å². The predicted molar refractivity (Wildman–Crippen MR) is 98.1 cm³/mol. The number of halogens is 1. The topological polar surface area (TPSA) is 63.5 Å². The summed E-state index contributed by atoms with van der Waals surface area (Å²) >= 11 is 6.34. The van der Waals surface area contributed by atoms with Crippen LogP contribution in [-0.2, 0) is 0 Å². The molecular weight excluding hydrogens is 340 g/mol. The second-order valence-corrected chi connectivity index (χ2v) is 5.98. The van der Waals surface area contributed by atoms with Crippen LogP contribution in [0.15, 0.2) is 54.9 Å². The monoisotopic (exact) mass is 356 g/mol. The number of carbonyl (C=O) groups is 1. The van der Waals surface area contributed by atoms with Gasteiger partial charge in [-0.15, -0.1) is 0 Å². The van der Waals surface area contributed by atoms with E-state index in [1.54, 1.807) is 30.3 Å². The molecule has 2 aromatic carbocycles. The summed E-state index contributed by atoms with van der Waals surface area (Å²) in [7, 11) is 1.49. The Labute approximate surface area is 150 Å². The number of amides is 1. The lowest BCUT2D eigenvalue weighted by molar-refractivity contribution is 0.102. The molecule has 0 unspecified atom stereocenters. The van der Waals surface area contributed by atoms with Crippen molar-refractivity contribution in [2.45, 2.75) is 6.92 Å². The Morgan fingerprint density at radius 3 is 2.56 bits per heavy atom. The van der Waals surface area contributed by atoms with Crippen LogP contribution < -0.4 is 10.1 Å². The van der Waals surface area contributed by atoms with Gasteiger partial charge >= 0.3 is 0 Å². The molecule has 0 fully saturated rings. The molecule has 25 heavy (non-hydrogen) atoms. The van der Waals surface area contributed by atoms with E-state index in [0.29, 0.717) is 22.1 Å². The first kappa shape index (κ1) is 16.9. The quantitative estimate of drug-likeness (QED) is 0.681. The van der Waals surface area contributed by atoms with Gasteiger partial charge in [0, 0.05) is 18.5 Å². The second-order valence-electron chi connectivity index (χ2n) is 5.57. The van der Waals surface area contributed by atoms with Crippen LogP contribution in [0.25, 0.3) is 5.69 Å². The maximum Gasteiger partial charge on any atom is 0.259 e. The van der Waals surface area contributed by atoms with Gasteiger partial charge in [-0.1, -0.05) is 17.7 Å². The summed E-state index contributed by atoms with van der Waals surface area (Å²) in [6.07, 6.45) is 3.70. The summed E-state index contributed by atoms with van der Waals surface area (Å²) in [6, 6.07) is 12.0. The summed E-state index contributed by atoms with van der Waals surface area (Å²) in [4.78, 5) is 12.6. The van der Waals surface area contributed by atoms with Crippen LogP contribution in [0.5, 0.6) is 11.5 Å². The van der Waals surface area contributed by atoms with E-state index >= 15 is 0 Å². The fourth-order valence-corrected chi connectivity index (χ4v) is 2.78. The molecule has 0 saturated carbocycles. The van der Waals surface area contributed by atoms with Crippen LogP contribution in [0.1, 0.15) is 15.9 Å². The highest BCUT2D eigenvalue weighted by Gasteiger charge is 2.18. The van der Waals surface area contributed by atoms with Gasteiger partial charge in [-0.05, 0) is 42.8 Å². The number of carbonyl (C=O) groups excluding carboxylic acids is 1. The molecular formula is C19H17ClN2O3. The summed E-state index contributed by atoms with van der Waals surface area (Å²) in [5.74, 6) is -0.0310. The number of phenolic OH excluding ortho intramolecular Hbond substituents is 1. The van der Waals surface area contributed by atoms with Crippen LogP contribution >= 0.6 is 11.6 Å². The van der Waals surface area contributed by atoms with Gasteiger partial charge in [-0.3, -0.25) is 4.79 Å². The van der Waals surface area contributed by atoms with Gasteiger partial charge in [0.05, 0.1) is 29.1 Å². The number of aryl methyl sites for hydroxylation is 1. The van der Waals surface area contributed by atoms with Gasteiger partial charge < -0.3 is 19.7 Å². The lowest BCUT2D eigenvalue weighted by Crippen LogP contribution is -2.14. The second kappa shape index (κ2) is 6.91. The van der Waals surface area contributed by atoms with Crippen molar-refractivity contribution in [3.8, 4) is 17.2 Å². The maximum atomic E-state index is 12.6. The number of hydrogen-bond acceptors (Lipinski definition) is 3. The summed E-state index contributed by atoms with van der Waals surface area (Å²) < 4.78 is 7.18. The smallest absolute Gasteiger partial charge is 0.259 e. The van der Waals surface area contributed by atoms with Crippen molar-refractivity contribution in [3.05, 3.63) is 71.0 Å².